The van der Waals surface area contributed by atoms with Crippen LogP contribution < -0.4 is 15.5 Å². The number of alkyl halides is 7. The molecular weight excluding hydrogens is 535 g/mol. The molecule has 4 rings (SSSR count). The van der Waals surface area contributed by atoms with Crippen molar-refractivity contribution < 1.29 is 45.1 Å². The summed E-state index contributed by atoms with van der Waals surface area (Å²) >= 11 is 0. The number of carbonyl (C=O) groups excluding carboxylic acids is 2. The zero-order valence-corrected chi connectivity index (χ0v) is 19.8. The molecule has 0 unspecified atom stereocenters. The van der Waals surface area contributed by atoms with E-state index in [2.05, 4.69) is 10.5 Å². The highest BCUT2D eigenvalue weighted by Crippen LogP contribution is 2.47. The van der Waals surface area contributed by atoms with Gasteiger partial charge in [-0.3, -0.25) is 9.59 Å². The van der Waals surface area contributed by atoms with Gasteiger partial charge < -0.3 is 10.1 Å². The van der Waals surface area contributed by atoms with Gasteiger partial charge in [-0.05, 0) is 36.8 Å². The second-order valence-electron chi connectivity index (χ2n) is 8.46. The Labute approximate surface area is 216 Å². The van der Waals surface area contributed by atoms with Crippen molar-refractivity contribution in [1.82, 2.24) is 5.43 Å². The van der Waals surface area contributed by atoms with Crippen molar-refractivity contribution in [3.63, 3.8) is 0 Å². The number of carbonyl (C=O) groups is 2. The fourth-order valence-electron chi connectivity index (χ4n) is 3.79. The van der Waals surface area contributed by atoms with Crippen LogP contribution in [0, 0.1) is 0 Å². The number of anilines is 1. The van der Waals surface area contributed by atoms with Crippen molar-refractivity contribution in [2.75, 3.05) is 5.32 Å². The molecule has 0 radical (unpaired) electrons. The minimum atomic E-state index is -6.63. The Balaban J connectivity index is 1.47. The van der Waals surface area contributed by atoms with E-state index in [1.807, 2.05) is 0 Å². The number of hydrogen-bond acceptors (Lipinski definition) is 4. The molecule has 0 saturated heterocycles. The maximum Gasteiger partial charge on any atom is 0.460 e. The molecule has 0 saturated carbocycles. The monoisotopic (exact) mass is 553 g/mol. The van der Waals surface area contributed by atoms with Gasteiger partial charge in [0.2, 0.25) is 0 Å². The van der Waals surface area contributed by atoms with Crippen molar-refractivity contribution in [2.45, 2.75) is 30.9 Å². The van der Waals surface area contributed by atoms with Gasteiger partial charge in [0, 0.05) is 16.8 Å². The molecule has 2 amide bonds. The molecule has 0 fully saturated rings. The van der Waals surface area contributed by atoms with Gasteiger partial charge in [-0.15, -0.1) is 0 Å². The first-order valence-electron chi connectivity index (χ1n) is 11.2. The van der Waals surface area contributed by atoms with Crippen LogP contribution in [0.4, 0.5) is 36.4 Å². The van der Waals surface area contributed by atoms with Crippen molar-refractivity contribution in [2.24, 2.45) is 5.10 Å². The lowest BCUT2D eigenvalue weighted by Crippen LogP contribution is -2.57. The van der Waals surface area contributed by atoms with Gasteiger partial charge in [-0.2, -0.15) is 35.8 Å². The Kier molecular flexibility index (Phi) is 7.11. The number of benzene rings is 3. The zero-order valence-electron chi connectivity index (χ0n) is 19.8. The molecule has 1 aliphatic rings. The number of amides is 2. The topological polar surface area (TPSA) is 79.8 Å². The van der Waals surface area contributed by atoms with Gasteiger partial charge in [0.25, 0.3) is 5.91 Å². The van der Waals surface area contributed by atoms with Crippen molar-refractivity contribution in [3.8, 4) is 11.5 Å². The molecule has 0 atom stereocenters. The number of rotatable bonds is 6. The number of ether oxygens (including phenoxy) is 1. The molecule has 0 aromatic heterocycles. The first-order valence-corrected chi connectivity index (χ1v) is 11.2. The number of hydrazone groups is 1. The predicted molar refractivity (Wildman–Crippen MR) is 126 cm³/mol. The fraction of sp³-hybridized carbons (Fsp3) is 0.192. The maximum atomic E-state index is 13.5. The smallest absolute Gasteiger partial charge is 0.457 e. The third kappa shape index (κ3) is 5.16. The third-order valence-electron chi connectivity index (χ3n) is 5.87. The minimum Gasteiger partial charge on any atom is -0.457 e. The van der Waals surface area contributed by atoms with Crippen LogP contribution in [0.1, 0.15) is 29.5 Å². The summed E-state index contributed by atoms with van der Waals surface area (Å²) < 4.78 is 96.0. The number of nitrogens with zero attached hydrogens (tertiary/aromatic N) is 1. The summed E-state index contributed by atoms with van der Waals surface area (Å²) in [5, 5.41) is 5.40. The summed E-state index contributed by atoms with van der Waals surface area (Å²) in [6.07, 6.45) is -6.63. The van der Waals surface area contributed by atoms with Gasteiger partial charge in [0.05, 0.1) is 11.6 Å². The van der Waals surface area contributed by atoms with Crippen LogP contribution in [0.3, 0.4) is 0 Å². The standard InChI is InChI=1S/C26H18F7N3O3/c1-14(15-10-12-16(13-11-15)34-23(38)24(27,28)25(29,30)26(31,32)33)35-36-22(37)21-17-6-2-4-8-19(17)39-20-9-5-3-7-18(20)21/h2-13,21H,1H3,(H,34,38)(H,36,37)/b35-14+. The predicted octanol–water partition coefficient (Wildman–Crippen LogP) is 6.24. The lowest BCUT2D eigenvalue weighted by Gasteiger charge is -2.27. The average molecular weight is 553 g/mol. The Bertz CT molecular complexity index is 1390. The van der Waals surface area contributed by atoms with Gasteiger partial charge in [-0.1, -0.05) is 48.5 Å². The van der Waals surface area contributed by atoms with Crippen LogP contribution in [0.5, 0.6) is 11.5 Å². The lowest BCUT2D eigenvalue weighted by atomic mass is 9.87. The zero-order chi connectivity index (χ0) is 28.6. The van der Waals surface area contributed by atoms with Crippen LogP contribution in [0.25, 0.3) is 0 Å². The Morgan fingerprint density at radius 3 is 1.82 bits per heavy atom. The van der Waals surface area contributed by atoms with Gasteiger partial charge >= 0.3 is 23.9 Å². The van der Waals surface area contributed by atoms with E-state index in [0.29, 0.717) is 28.2 Å². The molecule has 204 valence electrons. The number of para-hydroxylation sites is 2. The second-order valence-corrected chi connectivity index (χ2v) is 8.46. The van der Waals surface area contributed by atoms with E-state index in [0.717, 1.165) is 12.1 Å². The molecule has 3 aromatic rings. The molecule has 13 heteroatoms. The summed E-state index contributed by atoms with van der Waals surface area (Å²) in [5.41, 5.74) is 3.81. The molecule has 3 aromatic carbocycles. The van der Waals surface area contributed by atoms with Gasteiger partial charge in [0.1, 0.15) is 11.5 Å². The number of fused-ring (bicyclic) bond motifs is 2. The van der Waals surface area contributed by atoms with E-state index in [-0.39, 0.29) is 5.71 Å². The summed E-state index contributed by atoms with van der Waals surface area (Å²) in [5.74, 6) is -15.6. The molecule has 6 nitrogen and oxygen atoms in total. The second kappa shape index (κ2) is 10.0. The summed E-state index contributed by atoms with van der Waals surface area (Å²) in [6, 6.07) is 18.4. The molecule has 0 bridgehead atoms. The largest absolute Gasteiger partial charge is 0.460 e. The van der Waals surface area contributed by atoms with Crippen molar-refractivity contribution >= 4 is 23.2 Å². The van der Waals surface area contributed by atoms with Crippen LogP contribution in [-0.4, -0.2) is 35.5 Å². The van der Waals surface area contributed by atoms with Crippen LogP contribution in [0.15, 0.2) is 77.9 Å². The van der Waals surface area contributed by atoms with Crippen molar-refractivity contribution in [3.05, 3.63) is 89.5 Å². The minimum absolute atomic E-state index is 0.240. The summed E-state index contributed by atoms with van der Waals surface area (Å²) in [6.45, 7) is 1.50. The van der Waals surface area contributed by atoms with E-state index in [9.17, 15) is 40.3 Å². The van der Waals surface area contributed by atoms with E-state index >= 15 is 0 Å². The fourth-order valence-corrected chi connectivity index (χ4v) is 3.79. The first-order chi connectivity index (χ1) is 18.2. The lowest BCUT2D eigenvalue weighted by molar-refractivity contribution is -0.343. The van der Waals surface area contributed by atoms with E-state index < -0.39 is 41.4 Å². The molecule has 39 heavy (non-hydrogen) atoms. The van der Waals surface area contributed by atoms with Crippen LogP contribution in [-0.2, 0) is 9.59 Å². The Hall–Kier alpha value is -4.42. The van der Waals surface area contributed by atoms with Gasteiger partial charge in [-0.25, -0.2) is 5.43 Å². The molecule has 0 aliphatic carbocycles. The van der Waals surface area contributed by atoms with Crippen molar-refractivity contribution in [1.29, 1.82) is 0 Å². The highest BCUT2D eigenvalue weighted by atomic mass is 19.4. The highest BCUT2D eigenvalue weighted by molar-refractivity contribution is 6.01. The maximum absolute atomic E-state index is 13.5. The number of halogens is 7. The Morgan fingerprint density at radius 1 is 0.795 bits per heavy atom. The molecule has 2 N–H and O–H groups in total. The van der Waals surface area contributed by atoms with Crippen LogP contribution >= 0.6 is 0 Å². The molecular formula is C26H18F7N3O3. The summed E-state index contributed by atoms with van der Waals surface area (Å²) in [7, 11) is 0. The summed E-state index contributed by atoms with van der Waals surface area (Å²) in [4.78, 5) is 24.7. The first kappa shape index (κ1) is 27.6. The van der Waals surface area contributed by atoms with Crippen LogP contribution in [0.2, 0.25) is 0 Å². The SMILES string of the molecule is C/C(=N\NC(=O)C1c2ccccc2Oc2ccccc21)c1ccc(NC(=O)C(F)(F)C(F)(F)C(F)(F)F)cc1. The highest BCUT2D eigenvalue weighted by Gasteiger charge is 2.76. The molecule has 1 aliphatic heterocycles. The normalized spacial score (nSPS) is 14.1. The number of hydrogen-bond donors (Lipinski definition) is 2. The van der Waals surface area contributed by atoms with E-state index in [1.54, 1.807) is 48.5 Å². The Morgan fingerprint density at radius 2 is 1.31 bits per heavy atom. The third-order valence-corrected chi connectivity index (χ3v) is 5.87. The van der Waals surface area contributed by atoms with E-state index in [4.69, 9.17) is 4.74 Å². The van der Waals surface area contributed by atoms with Gasteiger partial charge in [0.15, 0.2) is 0 Å². The average Bonchev–Trinajstić information content (AvgIpc) is 2.89. The number of nitrogens with one attached hydrogen (secondary N) is 2. The quantitative estimate of drug-likeness (QED) is 0.216. The molecule has 1 heterocycles. The molecule has 0 spiro atoms. The van der Waals surface area contributed by atoms with E-state index in [1.165, 1.54) is 24.4 Å².